The third-order valence-corrected chi connectivity index (χ3v) is 5.32. The first kappa shape index (κ1) is 25.8. The number of hydrogen-bond acceptors (Lipinski definition) is 6. The maximum absolute atomic E-state index is 13.3. The van der Waals surface area contributed by atoms with Crippen molar-refractivity contribution in [3.8, 4) is 0 Å². The summed E-state index contributed by atoms with van der Waals surface area (Å²) in [6.07, 6.45) is 0. The van der Waals surface area contributed by atoms with Gasteiger partial charge in [0.1, 0.15) is 17.0 Å². The van der Waals surface area contributed by atoms with Crippen LogP contribution in [0.3, 0.4) is 0 Å². The number of halogens is 1. The summed E-state index contributed by atoms with van der Waals surface area (Å²) in [5.74, 6) is -0.243. The Morgan fingerprint density at radius 3 is 2.47 bits per heavy atom. The standard InChI is InChI=1S/C22H32FN7S2/c1-6-24-21(31)28-26-15(4)20(27-29-22(32)25-7-2)19-12-14(3)30(16(19)5)13-17-8-10-18(23)11-9-17/h8-12,22,25,29,32H,6-7,13H2,1-5H3,(H2,24,28,31)/b26-15+,27-20-. The molecule has 10 heteroatoms. The third kappa shape index (κ3) is 7.32. The van der Waals surface area contributed by atoms with Crippen LogP contribution >= 0.6 is 24.8 Å². The van der Waals surface area contributed by atoms with Crippen molar-refractivity contribution in [1.29, 1.82) is 0 Å². The fourth-order valence-electron chi connectivity index (χ4n) is 3.14. The molecule has 0 bridgehead atoms. The predicted octanol–water partition coefficient (Wildman–Crippen LogP) is 3.27. The van der Waals surface area contributed by atoms with Gasteiger partial charge in [0, 0.05) is 30.0 Å². The summed E-state index contributed by atoms with van der Waals surface area (Å²) in [5, 5.41) is 15.6. The molecule has 7 nitrogen and oxygen atoms in total. The van der Waals surface area contributed by atoms with Crippen molar-refractivity contribution >= 4 is 41.4 Å². The van der Waals surface area contributed by atoms with Gasteiger partial charge in [0.15, 0.2) is 5.11 Å². The Balaban J connectivity index is 2.39. The van der Waals surface area contributed by atoms with E-state index in [0.717, 1.165) is 29.1 Å². The number of nitrogens with zero attached hydrogens (tertiary/aromatic N) is 3. The zero-order chi connectivity index (χ0) is 23.7. The van der Waals surface area contributed by atoms with Gasteiger partial charge in [-0.3, -0.25) is 16.2 Å². The Hall–Kier alpha value is -2.43. The summed E-state index contributed by atoms with van der Waals surface area (Å²) in [6.45, 7) is 12.0. The molecule has 2 aromatic rings. The molecule has 0 saturated heterocycles. The Morgan fingerprint density at radius 2 is 1.84 bits per heavy atom. The number of benzene rings is 1. The summed E-state index contributed by atoms with van der Waals surface area (Å²) < 4.78 is 15.5. The summed E-state index contributed by atoms with van der Waals surface area (Å²) >= 11 is 9.66. The van der Waals surface area contributed by atoms with E-state index in [4.69, 9.17) is 12.2 Å². The number of rotatable bonds is 10. The zero-order valence-corrected chi connectivity index (χ0v) is 20.9. The zero-order valence-electron chi connectivity index (χ0n) is 19.2. The molecule has 0 aliphatic rings. The first-order valence-corrected chi connectivity index (χ1v) is 11.4. The normalized spacial score (nSPS) is 13.1. The van der Waals surface area contributed by atoms with Crippen LogP contribution < -0.4 is 21.5 Å². The van der Waals surface area contributed by atoms with Gasteiger partial charge < -0.3 is 9.88 Å². The van der Waals surface area contributed by atoms with Crippen LogP contribution in [0, 0.1) is 19.7 Å². The minimum atomic E-state index is -0.304. The van der Waals surface area contributed by atoms with E-state index in [1.54, 1.807) is 12.1 Å². The van der Waals surface area contributed by atoms with E-state index in [0.29, 0.717) is 29.6 Å². The monoisotopic (exact) mass is 477 g/mol. The highest BCUT2D eigenvalue weighted by Gasteiger charge is 2.18. The van der Waals surface area contributed by atoms with Gasteiger partial charge in [-0.25, -0.2) is 4.39 Å². The lowest BCUT2D eigenvalue weighted by Crippen LogP contribution is -2.36. The molecule has 0 saturated carbocycles. The number of aromatic nitrogens is 1. The van der Waals surface area contributed by atoms with E-state index in [1.807, 2.05) is 34.6 Å². The van der Waals surface area contributed by atoms with Crippen LogP contribution in [0.15, 0.2) is 40.5 Å². The van der Waals surface area contributed by atoms with Gasteiger partial charge in [-0.1, -0.05) is 19.1 Å². The molecule has 0 amide bonds. The third-order valence-electron chi connectivity index (χ3n) is 4.78. The molecule has 0 fully saturated rings. The molecule has 1 aromatic carbocycles. The fraction of sp³-hybridized carbons (Fsp3) is 0.409. The van der Waals surface area contributed by atoms with Crippen molar-refractivity contribution in [2.24, 2.45) is 10.2 Å². The van der Waals surface area contributed by atoms with E-state index in [2.05, 4.69) is 55.0 Å². The second-order valence-corrected chi connectivity index (χ2v) is 8.14. The summed E-state index contributed by atoms with van der Waals surface area (Å²) in [5.41, 5.74) is 10.9. The molecule has 1 aromatic heterocycles. The van der Waals surface area contributed by atoms with Crippen molar-refractivity contribution < 1.29 is 4.39 Å². The Labute approximate surface area is 200 Å². The van der Waals surface area contributed by atoms with Crippen molar-refractivity contribution in [1.82, 2.24) is 26.1 Å². The minimum absolute atomic E-state index is 0.243. The van der Waals surface area contributed by atoms with Gasteiger partial charge in [0.05, 0.1) is 5.71 Å². The van der Waals surface area contributed by atoms with Crippen molar-refractivity contribution in [2.75, 3.05) is 13.1 Å². The van der Waals surface area contributed by atoms with Crippen LogP contribution in [0.4, 0.5) is 4.39 Å². The SMILES string of the molecule is CCNC(=S)N/N=C(C)/C(=N/NC(S)NCC)c1cc(C)n(Cc2ccc(F)cc2)c1C. The Bertz CT molecular complexity index is 967. The van der Waals surface area contributed by atoms with Crippen LogP contribution in [0.25, 0.3) is 0 Å². The van der Waals surface area contributed by atoms with E-state index < -0.39 is 0 Å². The fourth-order valence-corrected chi connectivity index (χ4v) is 3.58. The van der Waals surface area contributed by atoms with Gasteiger partial charge in [0.2, 0.25) is 0 Å². The number of nitrogens with one attached hydrogen (secondary N) is 4. The van der Waals surface area contributed by atoms with Crippen LogP contribution in [0.1, 0.15) is 43.3 Å². The van der Waals surface area contributed by atoms with Gasteiger partial charge in [-0.2, -0.15) is 10.2 Å². The highest BCUT2D eigenvalue weighted by atomic mass is 32.1. The maximum Gasteiger partial charge on any atom is 0.186 e. The van der Waals surface area contributed by atoms with Crippen LogP contribution in [-0.2, 0) is 6.54 Å². The molecule has 0 aliphatic carbocycles. The molecule has 1 unspecified atom stereocenters. The molecule has 1 heterocycles. The van der Waals surface area contributed by atoms with Crippen LogP contribution in [0.5, 0.6) is 0 Å². The van der Waals surface area contributed by atoms with Crippen molar-refractivity contribution in [3.05, 3.63) is 58.7 Å². The van der Waals surface area contributed by atoms with Crippen molar-refractivity contribution in [3.63, 3.8) is 0 Å². The maximum atomic E-state index is 13.3. The lowest BCUT2D eigenvalue weighted by atomic mass is 10.1. The van der Waals surface area contributed by atoms with Gasteiger partial charge in [-0.15, -0.1) is 12.6 Å². The Kier molecular flexibility index (Phi) is 10.1. The van der Waals surface area contributed by atoms with Crippen LogP contribution in [0.2, 0.25) is 0 Å². The lowest BCUT2D eigenvalue weighted by molar-refractivity contribution is 0.582. The van der Waals surface area contributed by atoms with E-state index >= 15 is 0 Å². The number of hydrogen-bond donors (Lipinski definition) is 5. The molecule has 32 heavy (non-hydrogen) atoms. The summed E-state index contributed by atoms with van der Waals surface area (Å²) in [6, 6.07) is 8.62. The molecular weight excluding hydrogens is 445 g/mol. The molecule has 0 aliphatic heterocycles. The molecule has 0 radical (unpaired) electrons. The number of aryl methyl sites for hydroxylation is 1. The largest absolute Gasteiger partial charge is 0.362 e. The molecule has 4 N–H and O–H groups in total. The highest BCUT2D eigenvalue weighted by Crippen LogP contribution is 2.19. The predicted molar refractivity (Wildman–Crippen MR) is 138 cm³/mol. The average molecular weight is 478 g/mol. The average Bonchev–Trinajstić information content (AvgIpc) is 3.02. The first-order chi connectivity index (χ1) is 15.3. The topological polar surface area (TPSA) is 77.8 Å². The molecular formula is C22H32FN7S2. The van der Waals surface area contributed by atoms with Gasteiger partial charge in [-0.05, 0) is 70.2 Å². The minimum Gasteiger partial charge on any atom is -0.362 e. The number of thiol groups is 1. The molecule has 1 atom stereocenters. The summed E-state index contributed by atoms with van der Waals surface area (Å²) in [4.78, 5) is 0. The van der Waals surface area contributed by atoms with Crippen molar-refractivity contribution in [2.45, 2.75) is 46.7 Å². The quantitative estimate of drug-likeness (QED) is 0.119. The lowest BCUT2D eigenvalue weighted by Gasteiger charge is -2.14. The molecule has 0 spiro atoms. The molecule has 174 valence electrons. The summed E-state index contributed by atoms with van der Waals surface area (Å²) in [7, 11) is 0. The second-order valence-electron chi connectivity index (χ2n) is 7.22. The van der Waals surface area contributed by atoms with E-state index in [9.17, 15) is 4.39 Å². The van der Waals surface area contributed by atoms with E-state index in [-0.39, 0.29) is 11.3 Å². The number of hydrazone groups is 2. The Morgan fingerprint density at radius 1 is 1.16 bits per heavy atom. The smallest absolute Gasteiger partial charge is 0.186 e. The molecule has 2 rings (SSSR count). The number of thiocarbonyl (C=S) groups is 1. The first-order valence-electron chi connectivity index (χ1n) is 10.5. The second kappa shape index (κ2) is 12.6. The van der Waals surface area contributed by atoms with Crippen LogP contribution in [-0.4, -0.2) is 39.7 Å². The van der Waals surface area contributed by atoms with E-state index in [1.165, 1.54) is 12.1 Å². The highest BCUT2D eigenvalue weighted by molar-refractivity contribution is 7.80. The van der Waals surface area contributed by atoms with Gasteiger partial charge in [0.25, 0.3) is 0 Å². The van der Waals surface area contributed by atoms with Gasteiger partial charge >= 0.3 is 0 Å².